The van der Waals surface area contributed by atoms with Gasteiger partial charge in [-0.25, -0.2) is 9.97 Å². The molecule has 2 heterocycles. The van der Waals surface area contributed by atoms with Crippen LogP contribution in [-0.2, 0) is 6.18 Å². The topological polar surface area (TPSA) is 58.6 Å². The molecule has 0 N–H and O–H groups in total. The third-order valence-corrected chi connectivity index (χ3v) is 6.26. The van der Waals surface area contributed by atoms with Gasteiger partial charge in [-0.2, -0.15) is 13.2 Å². The zero-order valence-electron chi connectivity index (χ0n) is 19.5. The molecular formula is C27H23F3N4O2. The summed E-state index contributed by atoms with van der Waals surface area (Å²) in [4.78, 5) is 26.3. The number of amides is 1. The van der Waals surface area contributed by atoms with E-state index in [1.807, 2.05) is 48.5 Å². The number of benzene rings is 3. The van der Waals surface area contributed by atoms with E-state index < -0.39 is 11.7 Å². The predicted molar refractivity (Wildman–Crippen MR) is 131 cm³/mol. The molecule has 1 amide bonds. The normalized spacial score (nSPS) is 14.2. The van der Waals surface area contributed by atoms with Gasteiger partial charge < -0.3 is 14.5 Å². The van der Waals surface area contributed by atoms with Gasteiger partial charge in [0, 0.05) is 42.7 Å². The Morgan fingerprint density at radius 1 is 0.861 bits per heavy atom. The number of carbonyl (C=O) groups excluding carboxylic acids is 1. The zero-order chi connectivity index (χ0) is 25.3. The molecule has 6 nitrogen and oxygen atoms in total. The summed E-state index contributed by atoms with van der Waals surface area (Å²) in [6.07, 6.45) is -4.43. The fourth-order valence-corrected chi connectivity index (χ4v) is 4.28. The van der Waals surface area contributed by atoms with Gasteiger partial charge in [-0.3, -0.25) is 4.79 Å². The lowest BCUT2D eigenvalue weighted by Gasteiger charge is -2.36. The van der Waals surface area contributed by atoms with Crippen LogP contribution in [0.4, 0.5) is 19.0 Å². The molecule has 0 radical (unpaired) electrons. The molecule has 0 unspecified atom stereocenters. The van der Waals surface area contributed by atoms with Gasteiger partial charge in [0.1, 0.15) is 11.6 Å². The molecule has 0 aliphatic carbocycles. The second kappa shape index (κ2) is 9.49. The van der Waals surface area contributed by atoms with Crippen LogP contribution in [0.5, 0.6) is 5.75 Å². The predicted octanol–water partition coefficient (Wildman–Crippen LogP) is 5.29. The Morgan fingerprint density at radius 3 is 2.17 bits per heavy atom. The molecule has 0 bridgehead atoms. The molecule has 3 aromatic carbocycles. The van der Waals surface area contributed by atoms with E-state index >= 15 is 0 Å². The number of hydrogen-bond donors (Lipinski definition) is 0. The highest BCUT2D eigenvalue weighted by Crippen LogP contribution is 2.31. The maximum Gasteiger partial charge on any atom is 0.416 e. The Hall–Kier alpha value is -4.14. The average Bonchev–Trinajstić information content (AvgIpc) is 2.92. The highest BCUT2D eigenvalue weighted by Gasteiger charge is 2.31. The molecule has 0 spiro atoms. The van der Waals surface area contributed by atoms with E-state index in [0.29, 0.717) is 32.0 Å². The van der Waals surface area contributed by atoms with Gasteiger partial charge in [0.15, 0.2) is 5.82 Å². The standard InChI is InChI=1S/C27H23F3N4O2/c1-36-21-12-8-18(9-13-21)24-31-23-5-3-2-4-22(23)25(32-24)33-14-16-34(17-15-33)26(35)19-6-10-20(11-7-19)27(28,29)30/h2-13H,14-17H2,1H3. The van der Waals surface area contributed by atoms with Crippen molar-refractivity contribution < 1.29 is 22.7 Å². The van der Waals surface area contributed by atoms with Gasteiger partial charge in [-0.05, 0) is 60.7 Å². The number of alkyl halides is 3. The summed E-state index contributed by atoms with van der Waals surface area (Å²) in [7, 11) is 1.61. The maximum absolute atomic E-state index is 12.9. The minimum Gasteiger partial charge on any atom is -0.497 e. The number of rotatable bonds is 4. The second-order valence-electron chi connectivity index (χ2n) is 8.47. The minimum atomic E-state index is -4.43. The van der Waals surface area contributed by atoms with E-state index in [-0.39, 0.29) is 11.5 Å². The van der Waals surface area contributed by atoms with E-state index in [4.69, 9.17) is 14.7 Å². The summed E-state index contributed by atoms with van der Waals surface area (Å²) >= 11 is 0. The fraction of sp³-hybridized carbons (Fsp3) is 0.222. The summed E-state index contributed by atoms with van der Waals surface area (Å²) < 4.78 is 43.8. The lowest BCUT2D eigenvalue weighted by atomic mass is 10.1. The van der Waals surface area contributed by atoms with E-state index in [1.54, 1.807) is 12.0 Å². The van der Waals surface area contributed by atoms with Crippen LogP contribution in [0, 0.1) is 0 Å². The van der Waals surface area contributed by atoms with Crippen LogP contribution in [0.2, 0.25) is 0 Å². The molecule has 1 fully saturated rings. The molecule has 1 aliphatic rings. The van der Waals surface area contributed by atoms with Gasteiger partial charge in [-0.1, -0.05) is 12.1 Å². The van der Waals surface area contributed by atoms with Gasteiger partial charge >= 0.3 is 6.18 Å². The van der Waals surface area contributed by atoms with Crippen molar-refractivity contribution in [3.8, 4) is 17.1 Å². The Kier molecular flexibility index (Phi) is 6.22. The smallest absolute Gasteiger partial charge is 0.416 e. The molecule has 5 rings (SSSR count). The third kappa shape index (κ3) is 4.68. The van der Waals surface area contributed by atoms with Crippen molar-refractivity contribution in [1.82, 2.24) is 14.9 Å². The Balaban J connectivity index is 1.36. The summed E-state index contributed by atoms with van der Waals surface area (Å²) in [5, 5.41) is 0.914. The number of carbonyl (C=O) groups is 1. The number of nitrogens with zero attached hydrogens (tertiary/aromatic N) is 4. The van der Waals surface area contributed by atoms with Crippen molar-refractivity contribution >= 4 is 22.6 Å². The largest absolute Gasteiger partial charge is 0.497 e. The molecule has 4 aromatic rings. The molecule has 0 atom stereocenters. The highest BCUT2D eigenvalue weighted by atomic mass is 19.4. The molecule has 1 aliphatic heterocycles. The van der Waals surface area contributed by atoms with Gasteiger partial charge in [0.2, 0.25) is 0 Å². The summed E-state index contributed by atoms with van der Waals surface area (Å²) in [6.45, 7) is 1.93. The maximum atomic E-state index is 12.9. The SMILES string of the molecule is COc1ccc(-c2nc(N3CCN(C(=O)c4ccc(C(F)(F)F)cc4)CC3)c3ccccc3n2)cc1. The lowest BCUT2D eigenvalue weighted by Crippen LogP contribution is -2.49. The zero-order valence-corrected chi connectivity index (χ0v) is 19.5. The number of anilines is 1. The number of methoxy groups -OCH3 is 1. The van der Waals surface area contributed by atoms with Crippen molar-refractivity contribution in [3.63, 3.8) is 0 Å². The first kappa shape index (κ1) is 23.6. The van der Waals surface area contributed by atoms with Crippen LogP contribution < -0.4 is 9.64 Å². The summed E-state index contributed by atoms with van der Waals surface area (Å²) in [5.41, 5.74) is 1.15. The molecule has 36 heavy (non-hydrogen) atoms. The summed E-state index contributed by atoms with van der Waals surface area (Å²) in [6, 6.07) is 19.7. The average molecular weight is 493 g/mol. The number of fused-ring (bicyclic) bond motifs is 1. The lowest BCUT2D eigenvalue weighted by molar-refractivity contribution is -0.137. The molecular weight excluding hydrogens is 469 g/mol. The first-order chi connectivity index (χ1) is 17.3. The molecule has 9 heteroatoms. The van der Waals surface area contributed by atoms with Crippen molar-refractivity contribution in [2.75, 3.05) is 38.2 Å². The van der Waals surface area contributed by atoms with Crippen molar-refractivity contribution in [3.05, 3.63) is 83.9 Å². The Labute approximate surface area is 206 Å². The van der Waals surface area contributed by atoms with Crippen LogP contribution in [0.3, 0.4) is 0 Å². The van der Waals surface area contributed by atoms with Crippen LogP contribution in [0.15, 0.2) is 72.8 Å². The molecule has 1 saturated heterocycles. The third-order valence-electron chi connectivity index (χ3n) is 6.26. The van der Waals surface area contributed by atoms with Crippen molar-refractivity contribution in [2.45, 2.75) is 6.18 Å². The molecule has 184 valence electrons. The van der Waals surface area contributed by atoms with Crippen molar-refractivity contribution in [2.24, 2.45) is 0 Å². The second-order valence-corrected chi connectivity index (χ2v) is 8.47. The van der Waals surface area contributed by atoms with Crippen molar-refractivity contribution in [1.29, 1.82) is 0 Å². The van der Waals surface area contributed by atoms with Gasteiger partial charge in [0.25, 0.3) is 5.91 Å². The first-order valence-corrected chi connectivity index (χ1v) is 11.5. The quantitative estimate of drug-likeness (QED) is 0.388. The minimum absolute atomic E-state index is 0.241. The number of para-hydroxylation sites is 1. The van der Waals surface area contributed by atoms with Crippen LogP contribution in [0.25, 0.3) is 22.3 Å². The molecule has 0 saturated carbocycles. The number of ether oxygens (including phenoxy) is 1. The van der Waals surface area contributed by atoms with Gasteiger partial charge in [-0.15, -0.1) is 0 Å². The van der Waals surface area contributed by atoms with Crippen LogP contribution in [0.1, 0.15) is 15.9 Å². The fourth-order valence-electron chi connectivity index (χ4n) is 4.28. The van der Waals surface area contributed by atoms with Crippen LogP contribution in [-0.4, -0.2) is 54.1 Å². The van der Waals surface area contributed by atoms with E-state index in [2.05, 4.69) is 4.90 Å². The number of piperazine rings is 1. The van der Waals surface area contributed by atoms with E-state index in [0.717, 1.165) is 40.2 Å². The van der Waals surface area contributed by atoms with Gasteiger partial charge in [0.05, 0.1) is 18.2 Å². The Morgan fingerprint density at radius 2 is 1.53 bits per heavy atom. The monoisotopic (exact) mass is 492 g/mol. The first-order valence-electron chi connectivity index (χ1n) is 11.5. The van der Waals surface area contributed by atoms with Crippen LogP contribution >= 0.6 is 0 Å². The van der Waals surface area contributed by atoms with E-state index in [1.165, 1.54) is 12.1 Å². The van der Waals surface area contributed by atoms with E-state index in [9.17, 15) is 18.0 Å². The number of aromatic nitrogens is 2. The highest BCUT2D eigenvalue weighted by molar-refractivity contribution is 5.95. The number of halogens is 3. The molecule has 1 aromatic heterocycles. The summed E-state index contributed by atoms with van der Waals surface area (Å²) in [5.74, 6) is 1.84. The Bertz CT molecular complexity index is 1380. The number of hydrogen-bond acceptors (Lipinski definition) is 5.